The van der Waals surface area contributed by atoms with Crippen LogP contribution in [-0.2, 0) is 4.74 Å². The van der Waals surface area contributed by atoms with Gasteiger partial charge in [-0.15, -0.1) is 0 Å². The Bertz CT molecular complexity index is 860. The van der Waals surface area contributed by atoms with E-state index < -0.39 is 7.92 Å². The topological polar surface area (TPSA) is 21.6 Å². The molecule has 2 nitrogen and oxygen atoms in total. The second kappa shape index (κ2) is 8.46. The molecule has 0 radical (unpaired) electrons. The lowest BCUT2D eigenvalue weighted by Gasteiger charge is -2.33. The van der Waals surface area contributed by atoms with Crippen LogP contribution >= 0.6 is 7.92 Å². The first-order chi connectivity index (χ1) is 13.9. The number of nitrogens with zero attached hydrogens (tertiary/aromatic N) is 1. The number of aryl methyl sites for hydroxylation is 4. The van der Waals surface area contributed by atoms with E-state index in [2.05, 4.69) is 98.7 Å². The fourth-order valence-corrected chi connectivity index (χ4v) is 7.85. The summed E-state index contributed by atoms with van der Waals surface area (Å²) in [5.41, 5.74) is 5.57. The first-order valence-electron chi connectivity index (χ1n) is 11.0. The van der Waals surface area contributed by atoms with Crippen LogP contribution in [0.3, 0.4) is 0 Å². The molecule has 0 saturated heterocycles. The second-order valence-electron chi connectivity index (χ2n) is 10.6. The molecule has 3 rings (SSSR count). The maximum atomic E-state index is 6.21. The molecule has 0 aromatic heterocycles. The van der Waals surface area contributed by atoms with Crippen molar-refractivity contribution < 1.29 is 4.74 Å². The molecule has 2 aromatic rings. The fraction of sp³-hybridized carbons (Fsp3) is 0.519. The molecule has 1 aliphatic rings. The Hall–Kier alpha value is -1.66. The van der Waals surface area contributed by atoms with Gasteiger partial charge in [-0.25, -0.2) is 4.99 Å². The molecule has 0 aliphatic carbocycles. The Labute approximate surface area is 184 Å². The van der Waals surface area contributed by atoms with Crippen LogP contribution in [0.1, 0.15) is 56.9 Å². The van der Waals surface area contributed by atoms with Gasteiger partial charge in [0.1, 0.15) is 6.61 Å². The Morgan fingerprint density at radius 3 is 1.63 bits per heavy atom. The number of hydrogen-bond acceptors (Lipinski definition) is 2. The van der Waals surface area contributed by atoms with Crippen molar-refractivity contribution in [2.75, 3.05) is 12.8 Å². The summed E-state index contributed by atoms with van der Waals surface area (Å²) in [6.45, 7) is 21.1. The van der Waals surface area contributed by atoms with Gasteiger partial charge in [0.05, 0.1) is 6.04 Å². The quantitative estimate of drug-likeness (QED) is 0.523. The minimum Gasteiger partial charge on any atom is -0.478 e. The van der Waals surface area contributed by atoms with Crippen LogP contribution in [0.2, 0.25) is 0 Å². The minimum absolute atomic E-state index is 0.116. The van der Waals surface area contributed by atoms with E-state index in [4.69, 9.17) is 9.73 Å². The highest BCUT2D eigenvalue weighted by Crippen LogP contribution is 2.45. The van der Waals surface area contributed by atoms with E-state index in [1.54, 1.807) is 0 Å². The molecular formula is C27H38NOP. The molecule has 1 aliphatic heterocycles. The normalized spacial score (nSPS) is 17.3. The van der Waals surface area contributed by atoms with E-state index in [1.807, 2.05) is 0 Å². The van der Waals surface area contributed by atoms with Crippen LogP contribution in [0.4, 0.5) is 0 Å². The fourth-order valence-electron chi connectivity index (χ4n) is 4.38. The summed E-state index contributed by atoms with van der Waals surface area (Å²) in [7, 11) is -0.542. The predicted octanol–water partition coefficient (Wildman–Crippen LogP) is 6.22. The first kappa shape index (κ1) is 23.0. The molecule has 0 amide bonds. The van der Waals surface area contributed by atoms with Crippen molar-refractivity contribution in [1.82, 2.24) is 0 Å². The Morgan fingerprint density at radius 2 is 1.27 bits per heavy atom. The molecule has 3 heteroatoms. The van der Waals surface area contributed by atoms with Gasteiger partial charge in [-0.1, -0.05) is 71.0 Å². The number of ether oxygens (including phenoxy) is 1. The van der Waals surface area contributed by atoms with Gasteiger partial charge in [-0.05, 0) is 80.1 Å². The van der Waals surface area contributed by atoms with Crippen LogP contribution in [0.5, 0.6) is 0 Å². The van der Waals surface area contributed by atoms with Crippen LogP contribution in [0.25, 0.3) is 0 Å². The summed E-state index contributed by atoms with van der Waals surface area (Å²) in [6.07, 6.45) is 1.04. The van der Waals surface area contributed by atoms with Gasteiger partial charge in [0.2, 0.25) is 0 Å². The molecular weight excluding hydrogens is 385 g/mol. The second-order valence-corrected chi connectivity index (χ2v) is 12.6. The van der Waals surface area contributed by atoms with Crippen molar-refractivity contribution in [1.29, 1.82) is 0 Å². The largest absolute Gasteiger partial charge is 0.478 e. The smallest absolute Gasteiger partial charge is 0.189 e. The molecule has 0 N–H and O–H groups in total. The summed E-state index contributed by atoms with van der Waals surface area (Å²) < 4.78 is 6.21. The average Bonchev–Trinajstić information content (AvgIpc) is 3.12. The lowest BCUT2D eigenvalue weighted by Crippen LogP contribution is -2.33. The maximum Gasteiger partial charge on any atom is 0.189 e. The van der Waals surface area contributed by atoms with Crippen molar-refractivity contribution in [3.8, 4) is 0 Å². The maximum absolute atomic E-state index is 6.21. The van der Waals surface area contributed by atoms with E-state index in [0.29, 0.717) is 6.61 Å². The van der Waals surface area contributed by atoms with Crippen LogP contribution in [0.15, 0.2) is 41.4 Å². The van der Waals surface area contributed by atoms with Crippen LogP contribution < -0.4 is 10.6 Å². The molecule has 1 heterocycles. The zero-order valence-corrected chi connectivity index (χ0v) is 21.2. The van der Waals surface area contributed by atoms with Gasteiger partial charge in [0.25, 0.3) is 0 Å². The zero-order valence-electron chi connectivity index (χ0n) is 20.3. The zero-order chi connectivity index (χ0) is 22.3. The van der Waals surface area contributed by atoms with Gasteiger partial charge >= 0.3 is 0 Å². The van der Waals surface area contributed by atoms with E-state index in [9.17, 15) is 0 Å². The van der Waals surface area contributed by atoms with Crippen LogP contribution in [-0.4, -0.2) is 24.7 Å². The van der Waals surface area contributed by atoms with Gasteiger partial charge in [-0.2, -0.15) is 0 Å². The van der Waals surface area contributed by atoms with Gasteiger partial charge in [0, 0.05) is 5.41 Å². The van der Waals surface area contributed by atoms with Crippen molar-refractivity contribution in [3.05, 3.63) is 58.7 Å². The summed E-state index contributed by atoms with van der Waals surface area (Å²) in [5, 5.41) is 3.04. The van der Waals surface area contributed by atoms with Gasteiger partial charge in [-0.3, -0.25) is 0 Å². The number of hydrogen-bond donors (Lipinski definition) is 0. The van der Waals surface area contributed by atoms with Gasteiger partial charge in [0.15, 0.2) is 5.90 Å². The third kappa shape index (κ3) is 4.65. The lowest BCUT2D eigenvalue weighted by atomic mass is 9.88. The van der Waals surface area contributed by atoms with Gasteiger partial charge < -0.3 is 4.74 Å². The minimum atomic E-state index is -0.542. The first-order valence-corrected chi connectivity index (χ1v) is 12.6. The Morgan fingerprint density at radius 1 is 0.833 bits per heavy atom. The average molecular weight is 424 g/mol. The van der Waals surface area contributed by atoms with E-state index in [-0.39, 0.29) is 16.9 Å². The number of aliphatic imine (C=N–C) groups is 1. The highest BCUT2D eigenvalue weighted by molar-refractivity contribution is 7.73. The lowest BCUT2D eigenvalue weighted by molar-refractivity contribution is 0.223. The molecule has 0 spiro atoms. The molecule has 162 valence electrons. The van der Waals surface area contributed by atoms with E-state index in [0.717, 1.165) is 12.1 Å². The number of benzene rings is 2. The summed E-state index contributed by atoms with van der Waals surface area (Å²) in [6, 6.07) is 13.6. The molecule has 0 fully saturated rings. The van der Waals surface area contributed by atoms with Crippen molar-refractivity contribution in [2.45, 2.75) is 68.4 Å². The predicted molar refractivity (Wildman–Crippen MR) is 133 cm³/mol. The molecule has 0 saturated carbocycles. The third-order valence-electron chi connectivity index (χ3n) is 6.20. The van der Waals surface area contributed by atoms with Crippen molar-refractivity contribution in [3.63, 3.8) is 0 Å². The summed E-state index contributed by atoms with van der Waals surface area (Å²) in [5.74, 6) is 0.937. The molecule has 30 heavy (non-hydrogen) atoms. The highest BCUT2D eigenvalue weighted by Gasteiger charge is 2.39. The molecule has 0 bridgehead atoms. The van der Waals surface area contributed by atoms with Crippen molar-refractivity contribution in [2.24, 2.45) is 15.8 Å². The molecule has 2 aromatic carbocycles. The van der Waals surface area contributed by atoms with Crippen LogP contribution in [0, 0.1) is 38.5 Å². The number of rotatable bonds is 5. The monoisotopic (exact) mass is 423 g/mol. The molecule has 1 atom stereocenters. The van der Waals surface area contributed by atoms with Crippen molar-refractivity contribution >= 4 is 24.4 Å². The Balaban J connectivity index is 2.08. The Kier molecular flexibility index (Phi) is 6.49. The summed E-state index contributed by atoms with van der Waals surface area (Å²) in [4.78, 5) is 5.07. The molecule has 0 unspecified atom stereocenters. The summed E-state index contributed by atoms with van der Waals surface area (Å²) >= 11 is 0. The SMILES string of the molecule is Cc1cccc(C)c1P(CC(C)(C)C1=N[C@@H](C(C)(C)C)CO1)c1c(C)cccc1C. The third-order valence-corrected chi connectivity index (χ3v) is 9.80. The highest BCUT2D eigenvalue weighted by atomic mass is 31.1. The standard InChI is InChI=1S/C27H38NOP/c1-18-12-10-13-19(2)23(18)30(24-20(3)14-11-15-21(24)4)17-27(8,9)25-28-22(16-29-25)26(5,6)7/h10-15,22H,16-17H2,1-9H3/t22-/m1/s1. The van der Waals surface area contributed by atoms with E-state index >= 15 is 0 Å². The van der Waals surface area contributed by atoms with E-state index in [1.165, 1.54) is 32.9 Å².